The van der Waals surface area contributed by atoms with E-state index in [-0.39, 0.29) is 18.0 Å². The van der Waals surface area contributed by atoms with Crippen molar-refractivity contribution < 1.29 is 13.5 Å². The minimum atomic E-state index is -3.59. The van der Waals surface area contributed by atoms with E-state index in [1.54, 1.807) is 0 Å². The molecular weight excluding hydrogens is 344 g/mol. The van der Waals surface area contributed by atoms with Crippen molar-refractivity contribution >= 4 is 26.0 Å². The summed E-state index contributed by atoms with van der Waals surface area (Å²) in [5.41, 5.74) is 0. The van der Waals surface area contributed by atoms with Crippen LogP contribution >= 0.6 is 15.9 Å². The molecule has 0 aromatic carbocycles. The normalized spacial score (nSPS) is 12.0. The maximum Gasteiger partial charge on any atom is 0.244 e. The van der Waals surface area contributed by atoms with Crippen molar-refractivity contribution in [1.82, 2.24) is 9.29 Å². The predicted molar refractivity (Wildman–Crippen MR) is 81.9 cm³/mol. The average molecular weight is 365 g/mol. The molecule has 1 rings (SSSR count). The number of unbranched alkanes of at least 4 members (excludes halogenated alkanes) is 3. The maximum atomic E-state index is 12.5. The van der Waals surface area contributed by atoms with Crippen molar-refractivity contribution in [1.29, 1.82) is 0 Å². The summed E-state index contributed by atoms with van der Waals surface area (Å²) in [7, 11) is -3.59. The molecule has 0 saturated heterocycles. The highest BCUT2D eigenvalue weighted by atomic mass is 79.9. The van der Waals surface area contributed by atoms with Gasteiger partial charge in [-0.3, -0.25) is 4.98 Å². The molecule has 1 aromatic heterocycles. The fraction of sp³-hybridized carbons (Fsp3) is 0.615. The maximum absolute atomic E-state index is 12.5. The molecule has 0 saturated carbocycles. The summed E-state index contributed by atoms with van der Waals surface area (Å²) in [5.74, 6) is 0. The van der Waals surface area contributed by atoms with E-state index in [0.717, 1.165) is 25.7 Å². The first kappa shape index (κ1) is 17.6. The number of aliphatic hydroxyl groups is 1. The topological polar surface area (TPSA) is 70.5 Å². The van der Waals surface area contributed by atoms with Crippen LogP contribution in [0.3, 0.4) is 0 Å². The van der Waals surface area contributed by atoms with E-state index in [4.69, 9.17) is 5.11 Å². The quantitative estimate of drug-likeness (QED) is 0.683. The lowest BCUT2D eigenvalue weighted by atomic mass is 10.2. The van der Waals surface area contributed by atoms with Gasteiger partial charge < -0.3 is 5.11 Å². The van der Waals surface area contributed by atoms with Gasteiger partial charge in [0.2, 0.25) is 10.0 Å². The van der Waals surface area contributed by atoms with Crippen LogP contribution in [0.25, 0.3) is 0 Å². The Morgan fingerprint density at radius 3 is 2.60 bits per heavy atom. The first-order chi connectivity index (χ1) is 9.52. The first-order valence-corrected chi connectivity index (χ1v) is 8.97. The van der Waals surface area contributed by atoms with Gasteiger partial charge in [0.05, 0.1) is 6.61 Å². The molecule has 7 heteroatoms. The van der Waals surface area contributed by atoms with Crippen LogP contribution in [0.5, 0.6) is 0 Å². The Morgan fingerprint density at radius 1 is 1.25 bits per heavy atom. The van der Waals surface area contributed by atoms with Gasteiger partial charge in [0.15, 0.2) is 0 Å². The van der Waals surface area contributed by atoms with E-state index in [0.29, 0.717) is 11.0 Å². The summed E-state index contributed by atoms with van der Waals surface area (Å²) in [5, 5.41) is 9.07. The molecule has 0 aliphatic rings. The summed E-state index contributed by atoms with van der Waals surface area (Å²) < 4.78 is 26.9. The number of aliphatic hydroxyl groups excluding tert-OH is 1. The van der Waals surface area contributed by atoms with Crippen molar-refractivity contribution in [2.45, 2.75) is 37.5 Å². The van der Waals surface area contributed by atoms with Crippen LogP contribution in [0.2, 0.25) is 0 Å². The zero-order valence-electron chi connectivity index (χ0n) is 11.6. The molecule has 0 aliphatic carbocycles. The van der Waals surface area contributed by atoms with Crippen LogP contribution in [0.1, 0.15) is 32.6 Å². The lowest BCUT2D eigenvalue weighted by molar-refractivity contribution is 0.251. The molecule has 0 aliphatic heterocycles. The Hall–Kier alpha value is -0.500. The van der Waals surface area contributed by atoms with E-state index < -0.39 is 10.0 Å². The number of aromatic nitrogens is 1. The number of nitrogens with zero attached hydrogens (tertiary/aromatic N) is 2. The van der Waals surface area contributed by atoms with E-state index in [1.165, 1.54) is 22.8 Å². The van der Waals surface area contributed by atoms with Gasteiger partial charge in [0, 0.05) is 30.0 Å². The number of hydrogen-bond acceptors (Lipinski definition) is 4. The molecule has 0 bridgehead atoms. The number of rotatable bonds is 9. The molecule has 114 valence electrons. The molecule has 0 fully saturated rings. The van der Waals surface area contributed by atoms with Crippen LogP contribution < -0.4 is 0 Å². The van der Waals surface area contributed by atoms with E-state index >= 15 is 0 Å². The third-order valence-electron chi connectivity index (χ3n) is 2.93. The summed E-state index contributed by atoms with van der Waals surface area (Å²) >= 11 is 3.22. The highest BCUT2D eigenvalue weighted by Gasteiger charge is 2.24. The lowest BCUT2D eigenvalue weighted by Crippen LogP contribution is -2.34. The van der Waals surface area contributed by atoms with Crippen LogP contribution in [0.15, 0.2) is 27.8 Å². The van der Waals surface area contributed by atoms with Gasteiger partial charge in [-0.05, 0) is 28.4 Å². The molecular formula is C13H21BrN2O3S. The Kier molecular flexibility index (Phi) is 7.65. The van der Waals surface area contributed by atoms with Crippen LogP contribution in [0, 0.1) is 0 Å². The number of hydrogen-bond donors (Lipinski definition) is 1. The zero-order chi connectivity index (χ0) is 15.0. The number of halogens is 1. The molecule has 5 nitrogen and oxygen atoms in total. The third kappa shape index (κ3) is 5.12. The third-order valence-corrected chi connectivity index (χ3v) is 5.23. The molecule has 1 N–H and O–H groups in total. The van der Waals surface area contributed by atoms with Crippen molar-refractivity contribution in [2.75, 3.05) is 19.7 Å². The van der Waals surface area contributed by atoms with Crippen molar-refractivity contribution in [2.24, 2.45) is 0 Å². The molecule has 1 aromatic rings. The second kappa shape index (κ2) is 8.71. The molecule has 1 heterocycles. The second-order valence-electron chi connectivity index (χ2n) is 4.53. The van der Waals surface area contributed by atoms with Crippen LogP contribution in [0.4, 0.5) is 0 Å². The highest BCUT2D eigenvalue weighted by Crippen LogP contribution is 2.19. The Balaban J connectivity index is 2.83. The average Bonchev–Trinajstić information content (AvgIpc) is 2.42. The van der Waals surface area contributed by atoms with Gasteiger partial charge >= 0.3 is 0 Å². The Bertz CT molecular complexity index is 508. The summed E-state index contributed by atoms with van der Waals surface area (Å²) in [4.78, 5) is 4.04. The first-order valence-electron chi connectivity index (χ1n) is 6.74. The van der Waals surface area contributed by atoms with E-state index in [1.807, 2.05) is 0 Å². The Morgan fingerprint density at radius 2 is 2.00 bits per heavy atom. The minimum Gasteiger partial charge on any atom is -0.395 e. The monoisotopic (exact) mass is 364 g/mol. The fourth-order valence-corrected chi connectivity index (χ4v) is 3.84. The summed E-state index contributed by atoms with van der Waals surface area (Å²) in [6, 6.07) is 1.53. The lowest BCUT2D eigenvalue weighted by Gasteiger charge is -2.21. The van der Waals surface area contributed by atoms with Gasteiger partial charge in [-0.1, -0.05) is 26.2 Å². The van der Waals surface area contributed by atoms with Gasteiger partial charge in [-0.15, -0.1) is 0 Å². The minimum absolute atomic E-state index is 0.112. The number of pyridine rings is 1. The molecule has 0 amide bonds. The largest absolute Gasteiger partial charge is 0.395 e. The summed E-state index contributed by atoms with van der Waals surface area (Å²) in [6.45, 7) is 2.46. The zero-order valence-corrected chi connectivity index (χ0v) is 14.0. The predicted octanol–water partition coefficient (Wildman–Crippen LogP) is 2.41. The smallest absolute Gasteiger partial charge is 0.244 e. The van der Waals surface area contributed by atoms with E-state index in [9.17, 15) is 8.42 Å². The fourth-order valence-electron chi connectivity index (χ4n) is 1.86. The molecule has 20 heavy (non-hydrogen) atoms. The summed E-state index contributed by atoms with van der Waals surface area (Å²) in [6.07, 6.45) is 6.85. The molecule has 0 unspecified atom stereocenters. The molecule has 0 radical (unpaired) electrons. The van der Waals surface area contributed by atoms with Gasteiger partial charge in [0.1, 0.15) is 4.90 Å². The Labute approximate surface area is 129 Å². The van der Waals surface area contributed by atoms with Gasteiger partial charge in [0.25, 0.3) is 0 Å². The van der Waals surface area contributed by atoms with Gasteiger partial charge in [-0.25, -0.2) is 8.42 Å². The van der Waals surface area contributed by atoms with Crippen molar-refractivity contribution in [3.8, 4) is 0 Å². The molecule has 0 spiro atoms. The van der Waals surface area contributed by atoms with Crippen LogP contribution in [-0.2, 0) is 10.0 Å². The van der Waals surface area contributed by atoms with Gasteiger partial charge in [-0.2, -0.15) is 4.31 Å². The van der Waals surface area contributed by atoms with Crippen molar-refractivity contribution in [3.63, 3.8) is 0 Å². The van der Waals surface area contributed by atoms with Crippen molar-refractivity contribution in [3.05, 3.63) is 22.9 Å². The second-order valence-corrected chi connectivity index (χ2v) is 7.38. The highest BCUT2D eigenvalue weighted by molar-refractivity contribution is 9.10. The molecule has 0 atom stereocenters. The SMILES string of the molecule is CCCCCCN(CCO)S(=O)(=O)c1cncc(Br)c1. The standard InChI is InChI=1S/C13H21BrN2O3S/c1-2-3-4-5-6-16(7-8-17)20(18,19)13-9-12(14)10-15-11-13/h9-11,17H,2-8H2,1H3. The van der Waals surface area contributed by atoms with E-state index in [2.05, 4.69) is 27.8 Å². The van der Waals surface area contributed by atoms with Crippen LogP contribution in [-0.4, -0.2) is 42.5 Å². The number of sulfonamides is 1.